The Morgan fingerprint density at radius 3 is 2.80 bits per heavy atom. The average molecular weight is 139 g/mol. The van der Waals surface area contributed by atoms with Gasteiger partial charge in [0, 0.05) is 6.54 Å². The fraction of sp³-hybridized carbons (Fsp3) is 0.556. The van der Waals surface area contributed by atoms with Gasteiger partial charge in [-0.25, -0.2) is 0 Å². The summed E-state index contributed by atoms with van der Waals surface area (Å²) in [6.07, 6.45) is 5.22. The summed E-state index contributed by atoms with van der Waals surface area (Å²) in [5, 5.41) is 3.27. The Bertz CT molecular complexity index is 114. The van der Waals surface area contributed by atoms with Gasteiger partial charge in [-0.1, -0.05) is 25.7 Å². The summed E-state index contributed by atoms with van der Waals surface area (Å²) in [4.78, 5) is 0. The highest BCUT2D eigenvalue weighted by Crippen LogP contribution is 1.88. The van der Waals surface area contributed by atoms with E-state index in [4.69, 9.17) is 0 Å². The second-order valence-corrected chi connectivity index (χ2v) is 2.34. The Morgan fingerprint density at radius 2 is 2.30 bits per heavy atom. The van der Waals surface area contributed by atoms with Crippen LogP contribution in [0.1, 0.15) is 20.3 Å². The lowest BCUT2D eigenvalue weighted by molar-refractivity contribution is 0.720. The molecule has 1 nitrogen and oxygen atoms in total. The summed E-state index contributed by atoms with van der Waals surface area (Å²) < 4.78 is 0. The van der Waals surface area contributed by atoms with Gasteiger partial charge in [0.1, 0.15) is 0 Å². The van der Waals surface area contributed by atoms with Gasteiger partial charge in [0.2, 0.25) is 0 Å². The monoisotopic (exact) mass is 139 g/mol. The smallest absolute Gasteiger partial charge is 0.0199 e. The lowest BCUT2D eigenvalue weighted by Gasteiger charge is -2.00. The quantitative estimate of drug-likeness (QED) is 0.454. The van der Waals surface area contributed by atoms with Crippen molar-refractivity contribution in [1.29, 1.82) is 0 Å². The van der Waals surface area contributed by atoms with Crippen LogP contribution in [0.15, 0.2) is 24.3 Å². The van der Waals surface area contributed by atoms with Crippen molar-refractivity contribution in [3.05, 3.63) is 24.3 Å². The summed E-state index contributed by atoms with van der Waals surface area (Å²) >= 11 is 0. The molecule has 0 aromatic carbocycles. The van der Waals surface area contributed by atoms with Crippen molar-refractivity contribution in [1.82, 2.24) is 5.32 Å². The standard InChI is InChI=1S/C9H17N/c1-4-6-9(3)8-10-7-5-2/h4,6,10H,3,5,7-8H2,1-2H3/b6-4-. The van der Waals surface area contributed by atoms with E-state index in [-0.39, 0.29) is 0 Å². The molecule has 0 aromatic heterocycles. The van der Waals surface area contributed by atoms with Crippen LogP contribution < -0.4 is 5.32 Å². The third kappa shape index (κ3) is 5.57. The van der Waals surface area contributed by atoms with Crippen molar-refractivity contribution in [2.75, 3.05) is 13.1 Å². The molecule has 1 heteroatoms. The van der Waals surface area contributed by atoms with Gasteiger partial charge in [-0.05, 0) is 25.5 Å². The van der Waals surface area contributed by atoms with Gasteiger partial charge in [-0.3, -0.25) is 0 Å². The Hall–Kier alpha value is -0.560. The van der Waals surface area contributed by atoms with E-state index in [2.05, 4.69) is 18.8 Å². The van der Waals surface area contributed by atoms with Gasteiger partial charge >= 0.3 is 0 Å². The largest absolute Gasteiger partial charge is 0.313 e. The van der Waals surface area contributed by atoms with Crippen LogP contribution in [0.5, 0.6) is 0 Å². The Balaban J connectivity index is 3.22. The van der Waals surface area contributed by atoms with Gasteiger partial charge in [-0.15, -0.1) is 0 Å². The van der Waals surface area contributed by atoms with Crippen LogP contribution in [0.3, 0.4) is 0 Å². The van der Waals surface area contributed by atoms with Gasteiger partial charge < -0.3 is 5.32 Å². The predicted molar refractivity (Wildman–Crippen MR) is 47.1 cm³/mol. The van der Waals surface area contributed by atoms with E-state index < -0.39 is 0 Å². The number of hydrogen-bond acceptors (Lipinski definition) is 1. The van der Waals surface area contributed by atoms with Crippen molar-refractivity contribution < 1.29 is 0 Å². The first-order chi connectivity index (χ1) is 4.81. The average Bonchev–Trinajstić information content (AvgIpc) is 1.89. The van der Waals surface area contributed by atoms with Gasteiger partial charge in [-0.2, -0.15) is 0 Å². The molecule has 0 radical (unpaired) electrons. The minimum atomic E-state index is 0.915. The fourth-order valence-corrected chi connectivity index (χ4v) is 0.720. The normalized spacial score (nSPS) is 10.6. The maximum absolute atomic E-state index is 3.87. The van der Waals surface area contributed by atoms with Crippen molar-refractivity contribution in [3.63, 3.8) is 0 Å². The minimum absolute atomic E-state index is 0.915. The molecule has 0 aromatic rings. The molecule has 1 N–H and O–H groups in total. The maximum Gasteiger partial charge on any atom is 0.0199 e. The third-order valence-electron chi connectivity index (χ3n) is 1.18. The van der Waals surface area contributed by atoms with E-state index in [1.807, 2.05) is 19.1 Å². The molecule has 0 amide bonds. The van der Waals surface area contributed by atoms with Crippen molar-refractivity contribution >= 4 is 0 Å². The van der Waals surface area contributed by atoms with Crippen LogP contribution >= 0.6 is 0 Å². The van der Waals surface area contributed by atoms with Crippen LogP contribution in [-0.4, -0.2) is 13.1 Å². The molecule has 58 valence electrons. The number of hydrogen-bond donors (Lipinski definition) is 1. The SMILES string of the molecule is C=C(/C=C\C)CNCCC. The Labute approximate surface area is 63.8 Å². The molecular formula is C9H17N. The molecule has 0 saturated carbocycles. The number of allylic oxidation sites excluding steroid dienone is 1. The van der Waals surface area contributed by atoms with E-state index in [1.54, 1.807) is 0 Å². The second kappa shape index (κ2) is 6.56. The summed E-state index contributed by atoms with van der Waals surface area (Å²) in [6, 6.07) is 0. The summed E-state index contributed by atoms with van der Waals surface area (Å²) in [6.45, 7) is 10.0. The van der Waals surface area contributed by atoms with Gasteiger partial charge in [0.15, 0.2) is 0 Å². The molecule has 0 fully saturated rings. The third-order valence-corrected chi connectivity index (χ3v) is 1.18. The topological polar surface area (TPSA) is 12.0 Å². The minimum Gasteiger partial charge on any atom is -0.313 e. The van der Waals surface area contributed by atoms with Crippen LogP contribution in [0.25, 0.3) is 0 Å². The first-order valence-electron chi connectivity index (χ1n) is 3.82. The van der Waals surface area contributed by atoms with Crippen molar-refractivity contribution in [2.24, 2.45) is 0 Å². The maximum atomic E-state index is 3.87. The first-order valence-corrected chi connectivity index (χ1v) is 3.82. The molecule has 0 spiro atoms. The summed E-state index contributed by atoms with van der Waals surface area (Å²) in [5.74, 6) is 0. The van der Waals surface area contributed by atoms with Crippen molar-refractivity contribution in [2.45, 2.75) is 20.3 Å². The number of rotatable bonds is 5. The highest BCUT2D eigenvalue weighted by molar-refractivity contribution is 5.14. The summed E-state index contributed by atoms with van der Waals surface area (Å²) in [5.41, 5.74) is 1.15. The highest BCUT2D eigenvalue weighted by Gasteiger charge is 1.85. The van der Waals surface area contributed by atoms with Crippen LogP contribution in [0.2, 0.25) is 0 Å². The molecule has 0 rings (SSSR count). The van der Waals surface area contributed by atoms with Gasteiger partial charge in [0.25, 0.3) is 0 Å². The molecule has 0 aliphatic carbocycles. The molecule has 0 saturated heterocycles. The zero-order valence-electron chi connectivity index (χ0n) is 6.98. The van der Waals surface area contributed by atoms with Gasteiger partial charge in [0.05, 0.1) is 0 Å². The molecule has 0 aliphatic heterocycles. The lowest BCUT2D eigenvalue weighted by Crippen LogP contribution is -2.16. The van der Waals surface area contributed by atoms with Crippen LogP contribution in [-0.2, 0) is 0 Å². The van der Waals surface area contributed by atoms with Crippen LogP contribution in [0, 0.1) is 0 Å². The molecule has 10 heavy (non-hydrogen) atoms. The molecule has 0 atom stereocenters. The van der Waals surface area contributed by atoms with Crippen LogP contribution in [0.4, 0.5) is 0 Å². The molecule has 0 unspecified atom stereocenters. The lowest BCUT2D eigenvalue weighted by atomic mass is 10.3. The van der Waals surface area contributed by atoms with E-state index >= 15 is 0 Å². The predicted octanol–water partition coefficient (Wildman–Crippen LogP) is 2.12. The van der Waals surface area contributed by atoms with E-state index in [1.165, 1.54) is 6.42 Å². The highest BCUT2D eigenvalue weighted by atomic mass is 14.8. The zero-order chi connectivity index (χ0) is 7.82. The molecular weight excluding hydrogens is 122 g/mol. The number of nitrogens with one attached hydrogen (secondary N) is 1. The van der Waals surface area contributed by atoms with E-state index in [0.717, 1.165) is 18.7 Å². The second-order valence-electron chi connectivity index (χ2n) is 2.34. The van der Waals surface area contributed by atoms with Crippen molar-refractivity contribution in [3.8, 4) is 0 Å². The van der Waals surface area contributed by atoms with E-state index in [0.29, 0.717) is 0 Å². The fourth-order valence-electron chi connectivity index (χ4n) is 0.720. The summed E-state index contributed by atoms with van der Waals surface area (Å²) in [7, 11) is 0. The Morgan fingerprint density at radius 1 is 1.60 bits per heavy atom. The zero-order valence-corrected chi connectivity index (χ0v) is 6.98. The van der Waals surface area contributed by atoms with E-state index in [9.17, 15) is 0 Å². The first kappa shape index (κ1) is 9.44. The Kier molecular flexibility index (Phi) is 6.19. The molecule has 0 aliphatic rings. The molecule has 0 bridgehead atoms. The molecule has 0 heterocycles.